The van der Waals surface area contributed by atoms with Gasteiger partial charge < -0.3 is 9.47 Å². The van der Waals surface area contributed by atoms with E-state index in [0.717, 1.165) is 11.3 Å². The smallest absolute Gasteiger partial charge is 0.403 e. The zero-order chi connectivity index (χ0) is 9.84. The Morgan fingerprint density at radius 2 is 1.46 bits per heavy atom. The minimum Gasteiger partial charge on any atom is -0.403 e. The van der Waals surface area contributed by atoms with Gasteiger partial charge in [-0.05, 0) is 12.1 Å². The molecule has 0 amide bonds. The molecule has 0 radical (unpaired) electrons. The molecule has 1 rings (SSSR count). The van der Waals surface area contributed by atoms with Crippen LogP contribution in [0.3, 0.4) is 0 Å². The number of hydrogen-bond acceptors (Lipinski definition) is 5. The Labute approximate surface area is 87.0 Å². The average Bonchev–Trinajstić information content (AvgIpc) is 2.33. The first-order valence-corrected chi connectivity index (χ1v) is 4.49. The van der Waals surface area contributed by atoms with Gasteiger partial charge in [-0.15, -0.1) is 0 Å². The van der Waals surface area contributed by atoms with Gasteiger partial charge in [0.15, 0.2) is 10.1 Å². The van der Waals surface area contributed by atoms with Crippen molar-refractivity contribution in [2.45, 2.75) is 0 Å². The fourth-order valence-electron chi connectivity index (χ4n) is 0.571. The summed E-state index contributed by atoms with van der Waals surface area (Å²) < 4.78 is 8.97. The predicted octanol–water partition coefficient (Wildman–Crippen LogP) is 3.22. The molecule has 7 heteroatoms. The summed E-state index contributed by atoms with van der Waals surface area (Å²) in [4.78, 5) is 20.5. The lowest BCUT2D eigenvalue weighted by atomic mass is 10.6. The van der Waals surface area contributed by atoms with E-state index < -0.39 is 10.9 Å². The van der Waals surface area contributed by atoms with E-state index in [1.54, 1.807) is 0 Å². The summed E-state index contributed by atoms with van der Waals surface area (Å²) in [5.41, 5.74) is -1.91. The number of rotatable bonds is 2. The largest absolute Gasteiger partial charge is 0.409 e. The summed E-state index contributed by atoms with van der Waals surface area (Å²) in [5, 5.41) is 0.459. The Hall–Kier alpha value is -0.780. The zero-order valence-corrected chi connectivity index (χ0v) is 8.28. The third kappa shape index (κ3) is 3.63. The Balaban J connectivity index is 2.63. The minimum absolute atomic E-state index is 0.230. The summed E-state index contributed by atoms with van der Waals surface area (Å²) in [6.07, 6.45) is 0. The Morgan fingerprint density at radius 3 is 1.77 bits per heavy atom. The Morgan fingerprint density at radius 1 is 1.08 bits per heavy atom. The molecule has 0 bridgehead atoms. The third-order valence-corrected chi connectivity index (χ3v) is 1.91. The number of carbonyl (C=O) groups excluding carboxylic acids is 2. The third-order valence-electron chi connectivity index (χ3n) is 0.918. The van der Waals surface area contributed by atoms with Crippen LogP contribution in [-0.4, -0.2) is 10.9 Å². The van der Waals surface area contributed by atoms with Crippen LogP contribution in [0, 0.1) is 0 Å². The van der Waals surface area contributed by atoms with Crippen LogP contribution < -0.4 is 9.47 Å². The molecule has 0 atom stereocenters. The highest BCUT2D eigenvalue weighted by atomic mass is 35.5. The van der Waals surface area contributed by atoms with Crippen LogP contribution in [0.25, 0.3) is 0 Å². The lowest BCUT2D eigenvalue weighted by Crippen LogP contribution is -1.93. The van der Waals surface area contributed by atoms with Crippen LogP contribution in [-0.2, 0) is 0 Å². The molecule has 0 aliphatic heterocycles. The first kappa shape index (κ1) is 10.3. The van der Waals surface area contributed by atoms with Crippen molar-refractivity contribution in [3.63, 3.8) is 0 Å². The maximum absolute atomic E-state index is 10.3. The van der Waals surface area contributed by atoms with Crippen LogP contribution in [0.4, 0.5) is 9.59 Å². The molecule has 0 N–H and O–H groups in total. The number of carbonyl (C=O) groups is 2. The van der Waals surface area contributed by atoms with Gasteiger partial charge in [-0.2, -0.15) is 0 Å². The van der Waals surface area contributed by atoms with Gasteiger partial charge in [-0.25, -0.2) is 9.59 Å². The quantitative estimate of drug-likeness (QED) is 0.746. The van der Waals surface area contributed by atoms with E-state index in [-0.39, 0.29) is 10.1 Å². The molecule has 1 aromatic rings. The average molecular weight is 241 g/mol. The van der Waals surface area contributed by atoms with Crippen molar-refractivity contribution < 1.29 is 19.1 Å². The van der Waals surface area contributed by atoms with E-state index in [4.69, 9.17) is 23.2 Å². The monoisotopic (exact) mass is 240 g/mol. The predicted molar refractivity (Wildman–Crippen MR) is 48.1 cm³/mol. The molecule has 0 aromatic carbocycles. The molecule has 0 aliphatic rings. The summed E-state index contributed by atoms with van der Waals surface area (Å²) in [6.45, 7) is 0. The summed E-state index contributed by atoms with van der Waals surface area (Å²) in [5.74, 6) is 0. The van der Waals surface area contributed by atoms with E-state index >= 15 is 0 Å². The molecular weight excluding hydrogens is 239 g/mol. The highest BCUT2D eigenvalue weighted by Crippen LogP contribution is 2.31. The van der Waals surface area contributed by atoms with Crippen molar-refractivity contribution in [3.05, 3.63) is 12.1 Å². The van der Waals surface area contributed by atoms with Crippen LogP contribution in [0.15, 0.2) is 12.1 Å². The molecule has 0 unspecified atom stereocenters. The van der Waals surface area contributed by atoms with Crippen LogP contribution >= 0.6 is 34.5 Å². The zero-order valence-electron chi connectivity index (χ0n) is 5.95. The van der Waals surface area contributed by atoms with Crippen LogP contribution in [0.1, 0.15) is 0 Å². The van der Waals surface area contributed by atoms with Crippen molar-refractivity contribution in [1.82, 2.24) is 0 Å². The molecule has 1 aromatic heterocycles. The number of ether oxygens (including phenoxy) is 2. The summed E-state index contributed by atoms with van der Waals surface area (Å²) >= 11 is 10.8. The molecule has 0 saturated heterocycles. The highest BCUT2D eigenvalue weighted by Gasteiger charge is 2.07. The second-order valence-electron chi connectivity index (χ2n) is 1.75. The number of hydrogen-bond donors (Lipinski definition) is 0. The van der Waals surface area contributed by atoms with E-state index in [1.165, 1.54) is 12.1 Å². The summed E-state index contributed by atoms with van der Waals surface area (Å²) in [6, 6.07) is 2.86. The standard InChI is InChI=1S/C6H2Cl2O4S/c7-5(9)11-3-1-2-4(13-3)12-6(8)10/h1-2H. The topological polar surface area (TPSA) is 52.6 Å². The molecule has 1 heterocycles. The van der Waals surface area contributed by atoms with Gasteiger partial charge in [0.25, 0.3) is 0 Å². The molecule has 0 spiro atoms. The van der Waals surface area contributed by atoms with Crippen LogP contribution in [0.5, 0.6) is 10.1 Å². The first-order chi connectivity index (χ1) is 6.08. The second kappa shape index (κ2) is 4.45. The normalized spacial score (nSPS) is 9.38. The van der Waals surface area contributed by atoms with Gasteiger partial charge in [0.05, 0.1) is 0 Å². The van der Waals surface area contributed by atoms with Crippen molar-refractivity contribution in [3.8, 4) is 10.1 Å². The van der Waals surface area contributed by atoms with Crippen molar-refractivity contribution in [1.29, 1.82) is 0 Å². The molecule has 0 aliphatic carbocycles. The van der Waals surface area contributed by atoms with Gasteiger partial charge in [0.1, 0.15) is 0 Å². The number of thiophene rings is 1. The van der Waals surface area contributed by atoms with Crippen molar-refractivity contribution in [2.24, 2.45) is 0 Å². The molecule has 0 saturated carbocycles. The Bertz CT molecular complexity index is 305. The van der Waals surface area contributed by atoms with Gasteiger partial charge >= 0.3 is 10.9 Å². The van der Waals surface area contributed by atoms with Gasteiger partial charge in [-0.1, -0.05) is 11.3 Å². The van der Waals surface area contributed by atoms with E-state index in [9.17, 15) is 9.59 Å². The fraction of sp³-hybridized carbons (Fsp3) is 0. The first-order valence-electron chi connectivity index (χ1n) is 2.92. The number of halogens is 2. The van der Waals surface area contributed by atoms with Gasteiger partial charge in [-0.3, -0.25) is 0 Å². The molecule has 0 fully saturated rings. The van der Waals surface area contributed by atoms with E-state index in [0.29, 0.717) is 0 Å². The van der Waals surface area contributed by atoms with Crippen LogP contribution in [0.2, 0.25) is 0 Å². The summed E-state index contributed by atoms with van der Waals surface area (Å²) in [7, 11) is 0. The van der Waals surface area contributed by atoms with Gasteiger partial charge in [0, 0.05) is 23.2 Å². The molecule has 4 nitrogen and oxygen atoms in total. The molecular formula is C6H2Cl2O4S. The lowest BCUT2D eigenvalue weighted by molar-refractivity contribution is 0.226. The highest BCUT2D eigenvalue weighted by molar-refractivity contribution is 7.15. The molecule has 13 heavy (non-hydrogen) atoms. The van der Waals surface area contributed by atoms with E-state index in [1.807, 2.05) is 0 Å². The van der Waals surface area contributed by atoms with Crippen molar-refractivity contribution in [2.75, 3.05) is 0 Å². The SMILES string of the molecule is O=C(Cl)Oc1ccc(OC(=O)Cl)s1. The fourth-order valence-corrected chi connectivity index (χ4v) is 1.53. The lowest BCUT2D eigenvalue weighted by Gasteiger charge is -1.92. The Kier molecular flexibility index (Phi) is 3.53. The van der Waals surface area contributed by atoms with Crippen molar-refractivity contribution >= 4 is 45.4 Å². The minimum atomic E-state index is -0.953. The molecule has 70 valence electrons. The van der Waals surface area contributed by atoms with Gasteiger partial charge in [0.2, 0.25) is 0 Å². The maximum Gasteiger partial charge on any atom is 0.409 e. The van der Waals surface area contributed by atoms with E-state index in [2.05, 4.69) is 9.47 Å². The second-order valence-corrected chi connectivity index (χ2v) is 3.38. The maximum atomic E-state index is 10.3.